The molecule has 29 heavy (non-hydrogen) atoms. The van der Waals surface area contributed by atoms with Crippen molar-refractivity contribution in [3.05, 3.63) is 64.9 Å². The van der Waals surface area contributed by atoms with Crippen molar-refractivity contribution in [2.24, 2.45) is 0 Å². The average molecular weight is 427 g/mol. The van der Waals surface area contributed by atoms with E-state index in [1.165, 1.54) is 30.5 Å². The van der Waals surface area contributed by atoms with Crippen LogP contribution in [0.15, 0.2) is 48.8 Å². The van der Waals surface area contributed by atoms with E-state index in [-0.39, 0.29) is 17.0 Å². The number of amides is 1. The summed E-state index contributed by atoms with van der Waals surface area (Å²) in [4.78, 5) is 27.4. The van der Waals surface area contributed by atoms with Gasteiger partial charge in [0.25, 0.3) is 0 Å². The van der Waals surface area contributed by atoms with Gasteiger partial charge in [0.2, 0.25) is 0 Å². The van der Waals surface area contributed by atoms with Gasteiger partial charge in [0.05, 0.1) is 0 Å². The van der Waals surface area contributed by atoms with E-state index in [1.54, 1.807) is 0 Å². The Kier molecular flexibility index (Phi) is 7.90. The minimum Gasteiger partial charge on any atom is -0.480 e. The van der Waals surface area contributed by atoms with Crippen molar-refractivity contribution in [3.63, 3.8) is 0 Å². The van der Waals surface area contributed by atoms with Gasteiger partial charge in [-0.1, -0.05) is 49.6 Å². The first kappa shape index (κ1) is 22.5. The Morgan fingerprint density at radius 3 is 2.66 bits per heavy atom. The summed E-state index contributed by atoms with van der Waals surface area (Å²) in [5.74, 6) is -4.91. The topological polar surface area (TPSA) is 88.5 Å². The molecule has 0 saturated carbocycles. The number of rotatable bonds is 9. The number of hydrogen-bond donors (Lipinski definition) is 2. The third-order valence-corrected chi connectivity index (χ3v) is 4.42. The lowest BCUT2D eigenvalue weighted by Crippen LogP contribution is -2.42. The van der Waals surface area contributed by atoms with E-state index in [0.717, 1.165) is 18.3 Å². The monoisotopic (exact) mass is 426 g/mol. The molecule has 2 rings (SSSR count). The van der Waals surface area contributed by atoms with Gasteiger partial charge in [-0.25, -0.2) is 9.59 Å². The fourth-order valence-corrected chi connectivity index (χ4v) is 2.87. The highest BCUT2D eigenvalue weighted by Crippen LogP contribution is 2.43. The quantitative estimate of drug-likeness (QED) is 0.593. The third kappa shape index (κ3) is 6.12. The molecule has 9 heteroatoms. The number of pyridine rings is 1. The van der Waals surface area contributed by atoms with Gasteiger partial charge in [0.15, 0.2) is 6.10 Å². The summed E-state index contributed by atoms with van der Waals surface area (Å²) in [7, 11) is 0. The van der Waals surface area contributed by atoms with E-state index in [2.05, 4.69) is 10.3 Å². The number of hydrogen-bond acceptors (Lipinski definition) is 4. The standard InChI is InChI=1S/C20H21ClF2N2O4/c1-2-3-9-16(18(26)27)25-19(28)29-17(13-6-5-10-24-12-13)20(22,23)14-7-4-8-15(21)11-14/h4-8,10-12,16-17H,2-3,9H2,1H3,(H,25,28)(H,26,27)/t16-,17?/m0/s1. The fourth-order valence-electron chi connectivity index (χ4n) is 2.68. The molecule has 0 bridgehead atoms. The molecule has 0 spiro atoms. The molecular formula is C20H21ClF2N2O4. The van der Waals surface area contributed by atoms with Gasteiger partial charge in [0.1, 0.15) is 6.04 Å². The van der Waals surface area contributed by atoms with E-state index < -0.39 is 35.7 Å². The molecule has 1 aromatic heterocycles. The molecule has 2 aromatic rings. The Hall–Kier alpha value is -2.74. The normalized spacial score (nSPS) is 13.4. The Morgan fingerprint density at radius 1 is 1.31 bits per heavy atom. The largest absolute Gasteiger partial charge is 0.480 e. The first-order valence-electron chi connectivity index (χ1n) is 8.99. The van der Waals surface area contributed by atoms with Crippen molar-refractivity contribution in [1.29, 1.82) is 0 Å². The van der Waals surface area contributed by atoms with Crippen molar-refractivity contribution >= 4 is 23.7 Å². The average Bonchev–Trinajstić information content (AvgIpc) is 2.69. The molecule has 1 heterocycles. The third-order valence-electron chi connectivity index (χ3n) is 4.19. The number of carboxylic acid groups (broad SMARTS) is 1. The Bertz CT molecular complexity index is 836. The fraction of sp³-hybridized carbons (Fsp3) is 0.350. The van der Waals surface area contributed by atoms with Gasteiger partial charge < -0.3 is 15.2 Å². The second kappa shape index (κ2) is 10.2. The van der Waals surface area contributed by atoms with Crippen molar-refractivity contribution in [2.75, 3.05) is 0 Å². The molecule has 0 saturated heterocycles. The molecular weight excluding hydrogens is 406 g/mol. The number of benzene rings is 1. The van der Waals surface area contributed by atoms with E-state index in [0.29, 0.717) is 12.8 Å². The van der Waals surface area contributed by atoms with Crippen LogP contribution in [0.3, 0.4) is 0 Å². The van der Waals surface area contributed by atoms with Crippen LogP contribution in [-0.4, -0.2) is 28.2 Å². The van der Waals surface area contributed by atoms with Gasteiger partial charge in [-0.2, -0.15) is 8.78 Å². The number of carbonyl (C=O) groups excluding carboxylic acids is 1. The number of nitrogens with one attached hydrogen (secondary N) is 1. The summed E-state index contributed by atoms with van der Waals surface area (Å²) in [6.45, 7) is 1.86. The minimum absolute atomic E-state index is 0.0481. The summed E-state index contributed by atoms with van der Waals surface area (Å²) in [6.07, 6.45) is 0.668. The van der Waals surface area contributed by atoms with Gasteiger partial charge in [-0.15, -0.1) is 0 Å². The molecule has 6 nitrogen and oxygen atoms in total. The molecule has 2 N–H and O–H groups in total. The zero-order valence-corrected chi connectivity index (χ0v) is 16.4. The van der Waals surface area contributed by atoms with Crippen LogP contribution in [0.25, 0.3) is 0 Å². The Morgan fingerprint density at radius 2 is 2.07 bits per heavy atom. The lowest BCUT2D eigenvalue weighted by Gasteiger charge is -2.28. The highest BCUT2D eigenvalue weighted by Gasteiger charge is 2.46. The van der Waals surface area contributed by atoms with E-state index >= 15 is 8.78 Å². The molecule has 0 fully saturated rings. The van der Waals surface area contributed by atoms with Crippen molar-refractivity contribution < 1.29 is 28.2 Å². The molecule has 1 aromatic carbocycles. The molecule has 0 aliphatic heterocycles. The van der Waals surface area contributed by atoms with Crippen LogP contribution in [0.2, 0.25) is 5.02 Å². The molecule has 0 aliphatic carbocycles. The zero-order chi connectivity index (χ0) is 21.4. The summed E-state index contributed by atoms with van der Waals surface area (Å²) >= 11 is 5.83. The SMILES string of the molecule is CCCC[C@H](NC(=O)OC(c1cccnc1)C(F)(F)c1cccc(Cl)c1)C(=O)O. The van der Waals surface area contributed by atoms with Gasteiger partial charge in [0, 0.05) is 28.5 Å². The number of aliphatic carboxylic acids is 1. The number of carbonyl (C=O) groups is 2. The van der Waals surface area contributed by atoms with Crippen LogP contribution in [0.5, 0.6) is 0 Å². The maximum atomic E-state index is 15.2. The van der Waals surface area contributed by atoms with Crippen LogP contribution < -0.4 is 5.32 Å². The first-order chi connectivity index (χ1) is 13.8. The second-order valence-corrected chi connectivity index (χ2v) is 6.82. The summed E-state index contributed by atoms with van der Waals surface area (Å²) in [5, 5.41) is 11.5. The molecule has 1 unspecified atom stereocenters. The molecule has 156 valence electrons. The van der Waals surface area contributed by atoms with Gasteiger partial charge in [-0.05, 0) is 24.6 Å². The van der Waals surface area contributed by atoms with Crippen LogP contribution in [0.4, 0.5) is 13.6 Å². The maximum Gasteiger partial charge on any atom is 0.408 e. The number of alkyl halides is 2. The lowest BCUT2D eigenvalue weighted by atomic mass is 9.98. The number of halogens is 3. The number of unbranched alkanes of at least 4 members (excludes halogenated alkanes) is 1. The minimum atomic E-state index is -3.65. The number of ether oxygens (including phenoxy) is 1. The summed E-state index contributed by atoms with van der Waals surface area (Å²) in [5.41, 5.74) is -0.500. The smallest absolute Gasteiger partial charge is 0.408 e. The highest BCUT2D eigenvalue weighted by molar-refractivity contribution is 6.30. The first-order valence-corrected chi connectivity index (χ1v) is 9.37. The second-order valence-electron chi connectivity index (χ2n) is 6.38. The van der Waals surface area contributed by atoms with E-state index in [1.807, 2.05) is 6.92 Å². The molecule has 2 atom stereocenters. The number of aromatic nitrogens is 1. The van der Waals surface area contributed by atoms with Crippen LogP contribution in [-0.2, 0) is 15.5 Å². The predicted octanol–water partition coefficient (Wildman–Crippen LogP) is 4.94. The number of carboxylic acids is 1. The van der Waals surface area contributed by atoms with E-state index in [4.69, 9.17) is 16.3 Å². The van der Waals surface area contributed by atoms with Crippen LogP contribution in [0, 0.1) is 0 Å². The lowest BCUT2D eigenvalue weighted by molar-refractivity contribution is -0.140. The molecule has 0 aliphatic rings. The predicted molar refractivity (Wildman–Crippen MR) is 103 cm³/mol. The zero-order valence-electron chi connectivity index (χ0n) is 15.6. The number of alkyl carbamates (subject to hydrolysis) is 1. The van der Waals surface area contributed by atoms with Crippen LogP contribution in [0.1, 0.15) is 43.4 Å². The van der Waals surface area contributed by atoms with Crippen LogP contribution >= 0.6 is 11.6 Å². The summed E-state index contributed by atoms with van der Waals surface area (Å²) < 4.78 is 35.5. The molecule has 1 amide bonds. The van der Waals surface area contributed by atoms with Gasteiger partial charge in [-0.3, -0.25) is 4.98 Å². The van der Waals surface area contributed by atoms with Crippen molar-refractivity contribution in [2.45, 2.75) is 44.3 Å². The van der Waals surface area contributed by atoms with Gasteiger partial charge >= 0.3 is 18.0 Å². The Balaban J connectivity index is 2.29. The Labute approximate surface area is 171 Å². The van der Waals surface area contributed by atoms with Crippen molar-refractivity contribution in [1.82, 2.24) is 10.3 Å². The van der Waals surface area contributed by atoms with Crippen molar-refractivity contribution in [3.8, 4) is 0 Å². The maximum absolute atomic E-state index is 15.2. The number of nitrogens with zero attached hydrogens (tertiary/aromatic N) is 1. The molecule has 0 radical (unpaired) electrons. The summed E-state index contributed by atoms with van der Waals surface area (Å²) in [6, 6.07) is 6.58. The van der Waals surface area contributed by atoms with E-state index in [9.17, 15) is 14.7 Å². The highest BCUT2D eigenvalue weighted by atomic mass is 35.5.